The first-order valence-corrected chi connectivity index (χ1v) is 7.72. The van der Waals surface area contributed by atoms with Gasteiger partial charge >= 0.3 is 0 Å². The van der Waals surface area contributed by atoms with E-state index in [0.29, 0.717) is 6.04 Å². The summed E-state index contributed by atoms with van der Waals surface area (Å²) in [6.45, 7) is 8.58. The highest BCUT2D eigenvalue weighted by molar-refractivity contribution is 5.81. The largest absolute Gasteiger partial charge is 0.379 e. The van der Waals surface area contributed by atoms with E-state index in [1.54, 1.807) is 0 Å². The highest BCUT2D eigenvalue weighted by Gasteiger charge is 2.12. The second kappa shape index (κ2) is 6.91. The molecule has 1 aromatic carbocycles. The van der Waals surface area contributed by atoms with E-state index in [2.05, 4.69) is 51.7 Å². The van der Waals surface area contributed by atoms with Crippen molar-refractivity contribution in [2.24, 2.45) is 4.99 Å². The normalized spacial score (nSPS) is 22.7. The summed E-state index contributed by atoms with van der Waals surface area (Å²) in [7, 11) is 0. The fraction of sp³-hybridized carbons (Fsp3) is 0.562. The SMILES string of the molecule is CC1CN=C(NCc2cccc(CN3CCOCC3)c2)N1. The summed E-state index contributed by atoms with van der Waals surface area (Å²) in [5, 5.41) is 6.69. The standard InChI is InChI=1S/C16H24N4O/c1-13-10-17-16(19-13)18-11-14-3-2-4-15(9-14)12-20-5-7-21-8-6-20/h2-4,9,13H,5-8,10-12H2,1H3,(H2,17,18,19). The molecule has 0 aromatic heterocycles. The molecule has 0 aliphatic carbocycles. The molecule has 2 aliphatic rings. The van der Waals surface area contributed by atoms with Crippen LogP contribution in [0.4, 0.5) is 0 Å². The third kappa shape index (κ3) is 4.19. The summed E-state index contributed by atoms with van der Waals surface area (Å²) in [4.78, 5) is 6.86. The van der Waals surface area contributed by atoms with Crippen molar-refractivity contribution in [1.82, 2.24) is 15.5 Å². The average Bonchev–Trinajstić information content (AvgIpc) is 2.92. The lowest BCUT2D eigenvalue weighted by atomic mass is 10.1. The molecular weight excluding hydrogens is 264 g/mol. The topological polar surface area (TPSA) is 48.9 Å². The molecule has 114 valence electrons. The maximum atomic E-state index is 5.39. The quantitative estimate of drug-likeness (QED) is 0.866. The summed E-state index contributed by atoms with van der Waals surface area (Å²) in [5.41, 5.74) is 2.66. The molecule has 1 unspecified atom stereocenters. The average molecular weight is 288 g/mol. The fourth-order valence-electron chi connectivity index (χ4n) is 2.70. The molecule has 0 spiro atoms. The van der Waals surface area contributed by atoms with Crippen LogP contribution in [0.2, 0.25) is 0 Å². The number of morpholine rings is 1. The van der Waals surface area contributed by atoms with Gasteiger partial charge in [-0.15, -0.1) is 0 Å². The summed E-state index contributed by atoms with van der Waals surface area (Å²) in [6.07, 6.45) is 0. The smallest absolute Gasteiger partial charge is 0.191 e. The number of ether oxygens (including phenoxy) is 1. The molecule has 1 atom stereocenters. The van der Waals surface area contributed by atoms with E-state index in [-0.39, 0.29) is 0 Å². The van der Waals surface area contributed by atoms with Gasteiger partial charge in [0, 0.05) is 32.2 Å². The van der Waals surface area contributed by atoms with Crippen LogP contribution < -0.4 is 10.6 Å². The van der Waals surface area contributed by atoms with Crippen molar-refractivity contribution in [3.05, 3.63) is 35.4 Å². The molecule has 3 rings (SSSR count). The van der Waals surface area contributed by atoms with Gasteiger partial charge in [-0.2, -0.15) is 0 Å². The highest BCUT2D eigenvalue weighted by Crippen LogP contribution is 2.10. The van der Waals surface area contributed by atoms with Crippen molar-refractivity contribution in [2.75, 3.05) is 32.8 Å². The molecule has 2 N–H and O–H groups in total. The molecule has 2 aliphatic heterocycles. The van der Waals surface area contributed by atoms with Crippen LogP contribution in [0.1, 0.15) is 18.1 Å². The molecule has 1 aromatic rings. The number of rotatable bonds is 4. The Labute approximate surface area is 126 Å². The Kier molecular flexibility index (Phi) is 4.72. The Morgan fingerprint density at radius 2 is 2.14 bits per heavy atom. The summed E-state index contributed by atoms with van der Waals surface area (Å²) >= 11 is 0. The Morgan fingerprint density at radius 1 is 1.33 bits per heavy atom. The number of benzene rings is 1. The van der Waals surface area contributed by atoms with E-state index < -0.39 is 0 Å². The zero-order chi connectivity index (χ0) is 14.5. The summed E-state index contributed by atoms with van der Waals surface area (Å²) in [6, 6.07) is 9.22. The van der Waals surface area contributed by atoms with Crippen LogP contribution >= 0.6 is 0 Å². The van der Waals surface area contributed by atoms with Crippen LogP contribution in [-0.4, -0.2) is 49.7 Å². The van der Waals surface area contributed by atoms with Crippen molar-refractivity contribution >= 4 is 5.96 Å². The lowest BCUT2D eigenvalue weighted by Crippen LogP contribution is -2.37. The van der Waals surface area contributed by atoms with Crippen LogP contribution in [-0.2, 0) is 17.8 Å². The van der Waals surface area contributed by atoms with Gasteiger partial charge in [0.25, 0.3) is 0 Å². The van der Waals surface area contributed by atoms with Crippen LogP contribution in [0.5, 0.6) is 0 Å². The van der Waals surface area contributed by atoms with Crippen LogP contribution in [0.15, 0.2) is 29.3 Å². The molecule has 21 heavy (non-hydrogen) atoms. The lowest BCUT2D eigenvalue weighted by Gasteiger charge is -2.26. The molecule has 0 bridgehead atoms. The van der Waals surface area contributed by atoms with Gasteiger partial charge in [-0.05, 0) is 18.1 Å². The minimum absolute atomic E-state index is 0.445. The van der Waals surface area contributed by atoms with Gasteiger partial charge in [-0.1, -0.05) is 24.3 Å². The first-order chi connectivity index (χ1) is 10.3. The summed E-state index contributed by atoms with van der Waals surface area (Å²) in [5.74, 6) is 0.918. The molecule has 0 saturated carbocycles. The fourth-order valence-corrected chi connectivity index (χ4v) is 2.70. The molecule has 1 fully saturated rings. The predicted octanol–water partition coefficient (Wildman–Crippen LogP) is 0.956. The van der Waals surface area contributed by atoms with E-state index in [0.717, 1.165) is 51.9 Å². The van der Waals surface area contributed by atoms with Gasteiger partial charge in [0.2, 0.25) is 0 Å². The maximum Gasteiger partial charge on any atom is 0.191 e. The van der Waals surface area contributed by atoms with Crippen molar-refractivity contribution < 1.29 is 4.74 Å². The van der Waals surface area contributed by atoms with Gasteiger partial charge in [-0.3, -0.25) is 9.89 Å². The second-order valence-electron chi connectivity index (χ2n) is 5.80. The number of nitrogens with one attached hydrogen (secondary N) is 2. The molecule has 1 saturated heterocycles. The number of hydrogen-bond donors (Lipinski definition) is 2. The van der Waals surface area contributed by atoms with Gasteiger partial charge < -0.3 is 15.4 Å². The van der Waals surface area contributed by atoms with Crippen molar-refractivity contribution in [3.8, 4) is 0 Å². The first kappa shape index (κ1) is 14.4. The van der Waals surface area contributed by atoms with E-state index in [9.17, 15) is 0 Å². The zero-order valence-electron chi connectivity index (χ0n) is 12.6. The predicted molar refractivity (Wildman–Crippen MR) is 84.3 cm³/mol. The van der Waals surface area contributed by atoms with Gasteiger partial charge in [-0.25, -0.2) is 0 Å². The van der Waals surface area contributed by atoms with Crippen LogP contribution in [0, 0.1) is 0 Å². The number of nitrogens with zero attached hydrogens (tertiary/aromatic N) is 2. The van der Waals surface area contributed by atoms with Crippen LogP contribution in [0.3, 0.4) is 0 Å². The monoisotopic (exact) mass is 288 g/mol. The van der Waals surface area contributed by atoms with Gasteiger partial charge in [0.05, 0.1) is 19.8 Å². The number of hydrogen-bond acceptors (Lipinski definition) is 5. The van der Waals surface area contributed by atoms with Crippen molar-refractivity contribution in [3.63, 3.8) is 0 Å². The Balaban J connectivity index is 1.53. The maximum absolute atomic E-state index is 5.39. The second-order valence-corrected chi connectivity index (χ2v) is 5.80. The van der Waals surface area contributed by atoms with Gasteiger partial charge in [0.15, 0.2) is 5.96 Å². The van der Waals surface area contributed by atoms with E-state index in [1.807, 2.05) is 0 Å². The zero-order valence-corrected chi connectivity index (χ0v) is 12.6. The van der Waals surface area contributed by atoms with E-state index >= 15 is 0 Å². The highest BCUT2D eigenvalue weighted by atomic mass is 16.5. The van der Waals surface area contributed by atoms with Crippen LogP contribution in [0.25, 0.3) is 0 Å². The van der Waals surface area contributed by atoms with Gasteiger partial charge in [0.1, 0.15) is 0 Å². The molecular formula is C16H24N4O. The van der Waals surface area contributed by atoms with Crippen molar-refractivity contribution in [1.29, 1.82) is 0 Å². The van der Waals surface area contributed by atoms with E-state index in [4.69, 9.17) is 4.74 Å². The molecule has 2 heterocycles. The number of aliphatic imine (C=N–C) groups is 1. The molecule has 5 nitrogen and oxygen atoms in total. The Bertz CT molecular complexity index is 497. The molecule has 0 amide bonds. The minimum Gasteiger partial charge on any atom is -0.379 e. The molecule has 5 heteroatoms. The minimum atomic E-state index is 0.445. The lowest BCUT2D eigenvalue weighted by molar-refractivity contribution is 0.0342. The third-order valence-electron chi connectivity index (χ3n) is 3.87. The van der Waals surface area contributed by atoms with E-state index in [1.165, 1.54) is 11.1 Å². The number of guanidine groups is 1. The summed E-state index contributed by atoms with van der Waals surface area (Å²) < 4.78 is 5.39. The first-order valence-electron chi connectivity index (χ1n) is 7.72. The third-order valence-corrected chi connectivity index (χ3v) is 3.87. The molecule has 0 radical (unpaired) electrons. The Morgan fingerprint density at radius 3 is 2.90 bits per heavy atom. The van der Waals surface area contributed by atoms with Crippen molar-refractivity contribution in [2.45, 2.75) is 26.1 Å². The Hall–Kier alpha value is -1.59.